The molecule has 0 bridgehead atoms. The minimum absolute atomic E-state index is 0.995. The van der Waals surface area contributed by atoms with Gasteiger partial charge in [-0.15, -0.1) is 0 Å². The normalized spacial score (nSPS) is 10.1. The SMILES string of the molecule is Cc1ncc(Br)cc1-c1ccncc1. The first kappa shape index (κ1) is 9.34. The monoisotopic (exact) mass is 248 g/mol. The number of nitrogens with zero attached hydrogens (tertiary/aromatic N) is 2. The van der Waals surface area contributed by atoms with Crippen molar-refractivity contribution >= 4 is 15.9 Å². The molecule has 0 aromatic carbocycles. The predicted molar refractivity (Wildman–Crippen MR) is 59.9 cm³/mol. The van der Waals surface area contributed by atoms with E-state index in [2.05, 4.69) is 32.0 Å². The van der Waals surface area contributed by atoms with Crippen molar-refractivity contribution < 1.29 is 0 Å². The van der Waals surface area contributed by atoms with Gasteiger partial charge in [-0.3, -0.25) is 9.97 Å². The van der Waals surface area contributed by atoms with Gasteiger partial charge in [0.1, 0.15) is 0 Å². The number of hydrogen-bond donors (Lipinski definition) is 0. The van der Waals surface area contributed by atoms with Crippen LogP contribution in [0.15, 0.2) is 41.3 Å². The summed E-state index contributed by atoms with van der Waals surface area (Å²) in [7, 11) is 0. The summed E-state index contributed by atoms with van der Waals surface area (Å²) < 4.78 is 0.995. The van der Waals surface area contributed by atoms with Crippen LogP contribution >= 0.6 is 15.9 Å². The van der Waals surface area contributed by atoms with Crippen LogP contribution in [0.3, 0.4) is 0 Å². The summed E-state index contributed by atoms with van der Waals surface area (Å²) in [6, 6.07) is 6.03. The van der Waals surface area contributed by atoms with E-state index in [1.165, 1.54) is 0 Å². The van der Waals surface area contributed by atoms with Gasteiger partial charge < -0.3 is 0 Å². The largest absolute Gasteiger partial charge is 0.265 e. The molecule has 0 spiro atoms. The molecule has 0 unspecified atom stereocenters. The predicted octanol–water partition coefficient (Wildman–Crippen LogP) is 3.21. The first-order valence-electron chi connectivity index (χ1n) is 4.30. The number of aromatic nitrogens is 2. The van der Waals surface area contributed by atoms with Gasteiger partial charge >= 0.3 is 0 Å². The lowest BCUT2D eigenvalue weighted by Crippen LogP contribution is -1.87. The van der Waals surface area contributed by atoms with Gasteiger partial charge in [-0.1, -0.05) is 0 Å². The Morgan fingerprint density at radius 1 is 1.21 bits per heavy atom. The Labute approximate surface area is 91.2 Å². The van der Waals surface area contributed by atoms with Gasteiger partial charge in [0, 0.05) is 34.3 Å². The van der Waals surface area contributed by atoms with E-state index >= 15 is 0 Å². The average Bonchev–Trinajstić information content (AvgIpc) is 2.23. The number of halogens is 1. The van der Waals surface area contributed by atoms with Gasteiger partial charge in [-0.05, 0) is 46.6 Å². The lowest BCUT2D eigenvalue weighted by molar-refractivity contribution is 1.19. The van der Waals surface area contributed by atoms with Crippen LogP contribution in [0.4, 0.5) is 0 Å². The molecule has 2 heterocycles. The highest BCUT2D eigenvalue weighted by Crippen LogP contribution is 2.24. The van der Waals surface area contributed by atoms with Crippen molar-refractivity contribution in [3.63, 3.8) is 0 Å². The molecule has 0 radical (unpaired) electrons. The van der Waals surface area contributed by atoms with E-state index in [1.807, 2.05) is 19.1 Å². The molecule has 0 aliphatic rings. The molecule has 0 saturated heterocycles. The van der Waals surface area contributed by atoms with Crippen molar-refractivity contribution in [2.45, 2.75) is 6.92 Å². The lowest BCUT2D eigenvalue weighted by Gasteiger charge is -2.04. The molecule has 0 amide bonds. The van der Waals surface area contributed by atoms with Gasteiger partial charge in [0.2, 0.25) is 0 Å². The Hall–Kier alpha value is -1.22. The van der Waals surface area contributed by atoms with E-state index in [1.54, 1.807) is 18.6 Å². The third kappa shape index (κ3) is 1.82. The second kappa shape index (κ2) is 3.88. The molecule has 0 aliphatic heterocycles. The number of pyridine rings is 2. The quantitative estimate of drug-likeness (QED) is 0.775. The first-order chi connectivity index (χ1) is 6.77. The molecule has 2 aromatic rings. The molecule has 0 atom stereocenters. The molecular formula is C11H9BrN2. The van der Waals surface area contributed by atoms with Crippen molar-refractivity contribution in [3.05, 3.63) is 47.0 Å². The van der Waals surface area contributed by atoms with E-state index in [9.17, 15) is 0 Å². The molecule has 2 nitrogen and oxygen atoms in total. The van der Waals surface area contributed by atoms with Crippen molar-refractivity contribution in [2.75, 3.05) is 0 Å². The molecule has 0 saturated carbocycles. The second-order valence-corrected chi connectivity index (χ2v) is 3.94. The van der Waals surface area contributed by atoms with Crippen molar-refractivity contribution in [1.82, 2.24) is 9.97 Å². The molecule has 0 N–H and O–H groups in total. The third-order valence-electron chi connectivity index (χ3n) is 2.04. The average molecular weight is 249 g/mol. The molecule has 14 heavy (non-hydrogen) atoms. The molecule has 0 aliphatic carbocycles. The fourth-order valence-corrected chi connectivity index (χ4v) is 1.66. The first-order valence-corrected chi connectivity index (χ1v) is 5.09. The molecule has 2 aromatic heterocycles. The minimum Gasteiger partial charge on any atom is -0.265 e. The van der Waals surface area contributed by atoms with Crippen LogP contribution in [0.25, 0.3) is 11.1 Å². The Kier molecular flexibility index (Phi) is 2.59. The summed E-state index contributed by atoms with van der Waals surface area (Å²) >= 11 is 3.42. The molecular weight excluding hydrogens is 240 g/mol. The zero-order valence-electron chi connectivity index (χ0n) is 7.74. The van der Waals surface area contributed by atoms with Crippen molar-refractivity contribution in [1.29, 1.82) is 0 Å². The highest BCUT2D eigenvalue weighted by Gasteiger charge is 2.02. The molecule has 0 fully saturated rings. The van der Waals surface area contributed by atoms with Crippen LogP contribution in [0, 0.1) is 6.92 Å². The fraction of sp³-hybridized carbons (Fsp3) is 0.0909. The maximum absolute atomic E-state index is 4.29. The van der Waals surface area contributed by atoms with Crippen LogP contribution in [-0.4, -0.2) is 9.97 Å². The third-order valence-corrected chi connectivity index (χ3v) is 2.48. The van der Waals surface area contributed by atoms with Gasteiger partial charge in [-0.2, -0.15) is 0 Å². The van der Waals surface area contributed by atoms with Gasteiger partial charge in [0.25, 0.3) is 0 Å². The van der Waals surface area contributed by atoms with Gasteiger partial charge in [-0.25, -0.2) is 0 Å². The van der Waals surface area contributed by atoms with E-state index in [4.69, 9.17) is 0 Å². The van der Waals surface area contributed by atoms with E-state index in [0.29, 0.717) is 0 Å². The smallest absolute Gasteiger partial charge is 0.0451 e. The van der Waals surface area contributed by atoms with E-state index in [0.717, 1.165) is 21.3 Å². The summed E-state index contributed by atoms with van der Waals surface area (Å²) in [5.74, 6) is 0. The van der Waals surface area contributed by atoms with Gasteiger partial charge in [0.05, 0.1) is 0 Å². The Balaban J connectivity index is 2.57. The Morgan fingerprint density at radius 2 is 1.93 bits per heavy atom. The highest BCUT2D eigenvalue weighted by atomic mass is 79.9. The summed E-state index contributed by atoms with van der Waals surface area (Å²) in [5, 5.41) is 0. The topological polar surface area (TPSA) is 25.8 Å². The number of rotatable bonds is 1. The maximum Gasteiger partial charge on any atom is 0.0451 e. The van der Waals surface area contributed by atoms with Gasteiger partial charge in [0.15, 0.2) is 0 Å². The molecule has 70 valence electrons. The van der Waals surface area contributed by atoms with Crippen LogP contribution in [-0.2, 0) is 0 Å². The fourth-order valence-electron chi connectivity index (χ4n) is 1.33. The standard InChI is InChI=1S/C11H9BrN2/c1-8-11(6-10(12)7-14-8)9-2-4-13-5-3-9/h2-7H,1H3. The zero-order chi connectivity index (χ0) is 9.97. The van der Waals surface area contributed by atoms with Crippen molar-refractivity contribution in [2.24, 2.45) is 0 Å². The summed E-state index contributed by atoms with van der Waals surface area (Å²) in [6.07, 6.45) is 5.38. The van der Waals surface area contributed by atoms with Crippen LogP contribution in [0.2, 0.25) is 0 Å². The highest BCUT2D eigenvalue weighted by molar-refractivity contribution is 9.10. The number of hydrogen-bond acceptors (Lipinski definition) is 2. The summed E-state index contributed by atoms with van der Waals surface area (Å²) in [4.78, 5) is 8.28. The maximum atomic E-state index is 4.29. The van der Waals surface area contributed by atoms with Crippen LogP contribution < -0.4 is 0 Å². The van der Waals surface area contributed by atoms with Crippen LogP contribution in [0.5, 0.6) is 0 Å². The molecule has 3 heteroatoms. The summed E-state index contributed by atoms with van der Waals surface area (Å²) in [6.45, 7) is 2.00. The Morgan fingerprint density at radius 3 is 2.64 bits per heavy atom. The van der Waals surface area contributed by atoms with E-state index < -0.39 is 0 Å². The zero-order valence-corrected chi connectivity index (χ0v) is 9.32. The van der Waals surface area contributed by atoms with Crippen LogP contribution in [0.1, 0.15) is 5.69 Å². The summed E-state index contributed by atoms with van der Waals surface area (Å²) in [5.41, 5.74) is 3.31. The number of aryl methyl sites for hydroxylation is 1. The van der Waals surface area contributed by atoms with E-state index in [-0.39, 0.29) is 0 Å². The second-order valence-electron chi connectivity index (χ2n) is 3.02. The minimum atomic E-state index is 0.995. The van der Waals surface area contributed by atoms with Crippen molar-refractivity contribution in [3.8, 4) is 11.1 Å². The lowest BCUT2D eigenvalue weighted by atomic mass is 10.1. The molecule has 2 rings (SSSR count). The Bertz CT molecular complexity index is 440.